The summed E-state index contributed by atoms with van der Waals surface area (Å²) in [5, 5.41) is 0. The molecule has 1 aliphatic heterocycles. The molecule has 0 saturated carbocycles. The second-order valence-electron chi connectivity index (χ2n) is 5.21. The maximum atomic E-state index is 12.5. The molecule has 1 amide bonds. The van der Waals surface area contributed by atoms with Crippen molar-refractivity contribution < 1.29 is 4.79 Å². The van der Waals surface area contributed by atoms with Crippen LogP contribution in [0.1, 0.15) is 26.7 Å². The number of hydrogen-bond donors (Lipinski definition) is 1. The Balaban J connectivity index is 1.96. The number of nitrogens with zero attached hydrogens (tertiary/aromatic N) is 4. The first-order valence-electron chi connectivity index (χ1n) is 7.20. The van der Waals surface area contributed by atoms with Gasteiger partial charge < -0.3 is 15.5 Å². The van der Waals surface area contributed by atoms with Gasteiger partial charge in [0.2, 0.25) is 5.91 Å². The van der Waals surface area contributed by atoms with Gasteiger partial charge in [-0.05, 0) is 12.8 Å². The van der Waals surface area contributed by atoms with Crippen LogP contribution in [0.2, 0.25) is 0 Å². The maximum Gasteiger partial charge on any atom is 0.242 e. The van der Waals surface area contributed by atoms with Crippen molar-refractivity contribution in [2.75, 3.05) is 31.1 Å². The standard InChI is InChI=1S/C14H23N5O/c1-3-14(15,4-2)13(20)19-9-7-18(8-10-19)12-11-16-5-6-17-12/h5-6,11H,3-4,7-10,15H2,1-2H3. The fourth-order valence-electron chi connectivity index (χ4n) is 2.46. The molecule has 0 radical (unpaired) electrons. The van der Waals surface area contributed by atoms with Crippen molar-refractivity contribution in [2.24, 2.45) is 5.73 Å². The molecule has 2 N–H and O–H groups in total. The predicted molar refractivity (Wildman–Crippen MR) is 78.3 cm³/mol. The first-order valence-corrected chi connectivity index (χ1v) is 7.20. The minimum absolute atomic E-state index is 0.0706. The molecule has 1 aliphatic rings. The Kier molecular flexibility index (Phi) is 4.54. The van der Waals surface area contributed by atoms with Gasteiger partial charge in [-0.25, -0.2) is 4.98 Å². The minimum Gasteiger partial charge on any atom is -0.352 e. The SMILES string of the molecule is CCC(N)(CC)C(=O)N1CCN(c2cnccn2)CC1. The van der Waals surface area contributed by atoms with Crippen LogP contribution in [0.15, 0.2) is 18.6 Å². The van der Waals surface area contributed by atoms with E-state index in [2.05, 4.69) is 14.9 Å². The summed E-state index contributed by atoms with van der Waals surface area (Å²) in [5.41, 5.74) is 5.48. The number of carbonyl (C=O) groups is 1. The van der Waals surface area contributed by atoms with Gasteiger partial charge in [-0.1, -0.05) is 13.8 Å². The number of rotatable bonds is 4. The molecule has 0 unspecified atom stereocenters. The maximum absolute atomic E-state index is 12.5. The first kappa shape index (κ1) is 14.7. The summed E-state index contributed by atoms with van der Waals surface area (Å²) in [7, 11) is 0. The van der Waals surface area contributed by atoms with E-state index in [4.69, 9.17) is 5.73 Å². The van der Waals surface area contributed by atoms with Crippen LogP contribution in [-0.4, -0.2) is 52.5 Å². The van der Waals surface area contributed by atoms with Crippen LogP contribution >= 0.6 is 0 Å². The van der Waals surface area contributed by atoms with Gasteiger partial charge in [0.15, 0.2) is 0 Å². The van der Waals surface area contributed by atoms with Crippen LogP contribution < -0.4 is 10.6 Å². The summed E-state index contributed by atoms with van der Waals surface area (Å²) in [6.07, 6.45) is 6.45. The fourth-order valence-corrected chi connectivity index (χ4v) is 2.46. The molecule has 110 valence electrons. The van der Waals surface area contributed by atoms with Crippen LogP contribution in [0.3, 0.4) is 0 Å². The van der Waals surface area contributed by atoms with Gasteiger partial charge in [0, 0.05) is 38.6 Å². The molecule has 1 saturated heterocycles. The number of hydrogen-bond acceptors (Lipinski definition) is 5. The largest absolute Gasteiger partial charge is 0.352 e. The average molecular weight is 277 g/mol. The highest BCUT2D eigenvalue weighted by Gasteiger charge is 2.35. The highest BCUT2D eigenvalue weighted by molar-refractivity contribution is 5.86. The third kappa shape index (κ3) is 2.90. The highest BCUT2D eigenvalue weighted by atomic mass is 16.2. The fraction of sp³-hybridized carbons (Fsp3) is 0.643. The lowest BCUT2D eigenvalue weighted by Crippen LogP contribution is -2.59. The molecule has 6 heteroatoms. The molecule has 0 bridgehead atoms. The minimum atomic E-state index is -0.714. The summed E-state index contributed by atoms with van der Waals surface area (Å²) in [6, 6.07) is 0. The van der Waals surface area contributed by atoms with Crippen molar-refractivity contribution in [3.63, 3.8) is 0 Å². The van der Waals surface area contributed by atoms with Crippen LogP contribution in [-0.2, 0) is 4.79 Å². The quantitative estimate of drug-likeness (QED) is 0.874. The number of aromatic nitrogens is 2. The zero-order valence-electron chi connectivity index (χ0n) is 12.2. The Morgan fingerprint density at radius 2 is 1.90 bits per heavy atom. The smallest absolute Gasteiger partial charge is 0.242 e. The number of amides is 1. The van der Waals surface area contributed by atoms with Crippen molar-refractivity contribution in [2.45, 2.75) is 32.2 Å². The zero-order chi connectivity index (χ0) is 14.6. The Morgan fingerprint density at radius 3 is 2.40 bits per heavy atom. The second-order valence-corrected chi connectivity index (χ2v) is 5.21. The molecule has 1 aromatic rings. The van der Waals surface area contributed by atoms with Gasteiger partial charge in [-0.3, -0.25) is 9.78 Å². The van der Waals surface area contributed by atoms with Gasteiger partial charge in [0.05, 0.1) is 11.7 Å². The predicted octanol–water partition coefficient (Wildman–Crippen LogP) is 0.643. The Hall–Kier alpha value is -1.69. The third-order valence-corrected chi connectivity index (χ3v) is 4.13. The monoisotopic (exact) mass is 277 g/mol. The van der Waals surface area contributed by atoms with E-state index in [1.165, 1.54) is 0 Å². The second kappa shape index (κ2) is 6.17. The van der Waals surface area contributed by atoms with Gasteiger partial charge in [-0.2, -0.15) is 0 Å². The van der Waals surface area contributed by atoms with E-state index >= 15 is 0 Å². The van der Waals surface area contributed by atoms with Crippen molar-refractivity contribution in [3.8, 4) is 0 Å². The van der Waals surface area contributed by atoms with E-state index in [0.717, 1.165) is 18.9 Å². The van der Waals surface area contributed by atoms with Crippen LogP contribution in [0, 0.1) is 0 Å². The van der Waals surface area contributed by atoms with Crippen LogP contribution in [0.4, 0.5) is 5.82 Å². The average Bonchev–Trinajstić information content (AvgIpc) is 2.54. The number of piperazine rings is 1. The number of carbonyl (C=O) groups excluding carboxylic acids is 1. The molecule has 2 heterocycles. The Morgan fingerprint density at radius 1 is 1.25 bits per heavy atom. The summed E-state index contributed by atoms with van der Waals surface area (Å²) < 4.78 is 0. The van der Waals surface area contributed by atoms with Crippen LogP contribution in [0.5, 0.6) is 0 Å². The molecule has 0 atom stereocenters. The molecule has 1 fully saturated rings. The molecular formula is C14H23N5O. The molecule has 6 nitrogen and oxygen atoms in total. The van der Waals surface area contributed by atoms with Crippen molar-refractivity contribution >= 4 is 11.7 Å². The van der Waals surface area contributed by atoms with Crippen LogP contribution in [0.25, 0.3) is 0 Å². The number of anilines is 1. The Labute approximate surface area is 120 Å². The topological polar surface area (TPSA) is 75.4 Å². The molecule has 0 aromatic carbocycles. The van der Waals surface area contributed by atoms with E-state index in [1.54, 1.807) is 18.6 Å². The van der Waals surface area contributed by atoms with E-state index in [1.807, 2.05) is 18.7 Å². The lowest BCUT2D eigenvalue weighted by atomic mass is 9.92. The zero-order valence-corrected chi connectivity index (χ0v) is 12.2. The Bertz CT molecular complexity index is 438. The lowest BCUT2D eigenvalue weighted by molar-refractivity contribution is -0.137. The molecular weight excluding hydrogens is 254 g/mol. The third-order valence-electron chi connectivity index (χ3n) is 4.13. The normalized spacial score (nSPS) is 16.4. The van der Waals surface area contributed by atoms with E-state index in [9.17, 15) is 4.79 Å². The molecule has 0 aliphatic carbocycles. The van der Waals surface area contributed by atoms with Gasteiger partial charge >= 0.3 is 0 Å². The number of nitrogens with two attached hydrogens (primary N) is 1. The van der Waals surface area contributed by atoms with Gasteiger partial charge in [0.25, 0.3) is 0 Å². The summed E-state index contributed by atoms with van der Waals surface area (Å²) in [4.78, 5) is 24.9. The van der Waals surface area contributed by atoms with E-state index in [-0.39, 0.29) is 5.91 Å². The summed E-state index contributed by atoms with van der Waals surface area (Å²) in [5.74, 6) is 0.936. The lowest BCUT2D eigenvalue weighted by Gasteiger charge is -2.39. The molecule has 20 heavy (non-hydrogen) atoms. The van der Waals surface area contributed by atoms with Gasteiger partial charge in [0.1, 0.15) is 5.82 Å². The highest BCUT2D eigenvalue weighted by Crippen LogP contribution is 2.18. The molecule has 2 rings (SSSR count). The van der Waals surface area contributed by atoms with Crippen molar-refractivity contribution in [1.29, 1.82) is 0 Å². The van der Waals surface area contributed by atoms with Gasteiger partial charge in [-0.15, -0.1) is 0 Å². The molecule has 1 aromatic heterocycles. The molecule has 0 spiro atoms. The first-order chi connectivity index (χ1) is 9.60. The summed E-state index contributed by atoms with van der Waals surface area (Å²) >= 11 is 0. The van der Waals surface area contributed by atoms with Crippen molar-refractivity contribution in [1.82, 2.24) is 14.9 Å². The van der Waals surface area contributed by atoms with E-state index in [0.29, 0.717) is 25.9 Å². The van der Waals surface area contributed by atoms with Crippen molar-refractivity contribution in [3.05, 3.63) is 18.6 Å². The summed E-state index contributed by atoms with van der Waals surface area (Å²) in [6.45, 7) is 6.86. The van der Waals surface area contributed by atoms with E-state index < -0.39 is 5.54 Å².